The lowest BCUT2D eigenvalue weighted by Crippen LogP contribution is -2.01. The van der Waals surface area contributed by atoms with Gasteiger partial charge in [-0.05, 0) is 30.7 Å². The summed E-state index contributed by atoms with van der Waals surface area (Å²) in [6.45, 7) is 1.96. The number of hydrogen-bond acceptors (Lipinski definition) is 2. The molecule has 3 nitrogen and oxygen atoms in total. The summed E-state index contributed by atoms with van der Waals surface area (Å²) in [4.78, 5) is 10.7. The molecule has 0 aliphatic carbocycles. The van der Waals surface area contributed by atoms with Crippen LogP contribution in [0.25, 0.3) is 5.69 Å². The van der Waals surface area contributed by atoms with E-state index in [1.54, 1.807) is 12.3 Å². The number of rotatable bonds is 2. The van der Waals surface area contributed by atoms with Gasteiger partial charge in [-0.15, -0.1) is 0 Å². The number of aryl methyl sites for hydroxylation is 1. The highest BCUT2D eigenvalue weighted by atomic mass is 35.5. The molecule has 0 radical (unpaired) electrons. The second kappa shape index (κ2) is 3.87. The van der Waals surface area contributed by atoms with E-state index < -0.39 is 0 Å². The van der Waals surface area contributed by atoms with E-state index in [9.17, 15) is 4.79 Å². The molecule has 4 heteroatoms. The van der Waals surface area contributed by atoms with E-state index in [1.807, 2.05) is 25.1 Å². The Balaban J connectivity index is 2.59. The lowest BCUT2D eigenvalue weighted by atomic mass is 10.2. The molecule has 2 rings (SSSR count). The summed E-state index contributed by atoms with van der Waals surface area (Å²) >= 11 is 6.07. The fraction of sp³-hybridized carbons (Fsp3) is 0.0909. The van der Waals surface area contributed by atoms with Gasteiger partial charge in [0.2, 0.25) is 0 Å². The highest BCUT2D eigenvalue weighted by molar-refractivity contribution is 6.32. The third kappa shape index (κ3) is 1.78. The Bertz CT molecular complexity index is 505. The third-order valence-electron chi connectivity index (χ3n) is 2.12. The van der Waals surface area contributed by atoms with Gasteiger partial charge in [0.15, 0.2) is 6.29 Å². The van der Waals surface area contributed by atoms with Crippen molar-refractivity contribution in [2.75, 3.05) is 0 Å². The Hall–Kier alpha value is -1.61. The van der Waals surface area contributed by atoms with Gasteiger partial charge < -0.3 is 0 Å². The summed E-state index contributed by atoms with van der Waals surface area (Å²) in [5.74, 6) is 0. The topological polar surface area (TPSA) is 34.9 Å². The molecule has 0 saturated heterocycles. The molecule has 1 heterocycles. The van der Waals surface area contributed by atoms with Gasteiger partial charge in [-0.2, -0.15) is 5.10 Å². The molecule has 0 saturated carbocycles. The Kier molecular flexibility index (Phi) is 2.56. The first-order chi connectivity index (χ1) is 7.22. The fourth-order valence-corrected chi connectivity index (χ4v) is 1.70. The highest BCUT2D eigenvalue weighted by Gasteiger charge is 2.07. The van der Waals surface area contributed by atoms with Crippen LogP contribution in [0.1, 0.15) is 16.1 Å². The maximum Gasteiger partial charge on any atom is 0.168 e. The molecule has 0 N–H and O–H groups in total. The summed E-state index contributed by atoms with van der Waals surface area (Å²) in [6, 6.07) is 7.26. The Labute approximate surface area is 92.3 Å². The summed E-state index contributed by atoms with van der Waals surface area (Å²) in [7, 11) is 0. The van der Waals surface area contributed by atoms with E-state index in [0.717, 1.165) is 17.5 Å². The predicted molar refractivity (Wildman–Crippen MR) is 58.7 cm³/mol. The van der Waals surface area contributed by atoms with Crippen molar-refractivity contribution >= 4 is 17.9 Å². The van der Waals surface area contributed by atoms with Gasteiger partial charge >= 0.3 is 0 Å². The van der Waals surface area contributed by atoms with Crippen LogP contribution >= 0.6 is 11.6 Å². The van der Waals surface area contributed by atoms with Crippen molar-refractivity contribution in [1.82, 2.24) is 9.78 Å². The third-order valence-corrected chi connectivity index (χ3v) is 2.43. The van der Waals surface area contributed by atoms with E-state index in [4.69, 9.17) is 11.6 Å². The largest absolute Gasteiger partial charge is 0.296 e. The smallest absolute Gasteiger partial charge is 0.168 e. The summed E-state index contributed by atoms with van der Waals surface area (Å²) in [6.07, 6.45) is 2.32. The molecule has 1 aromatic carbocycles. The van der Waals surface area contributed by atoms with Crippen LogP contribution in [0.2, 0.25) is 5.02 Å². The van der Waals surface area contributed by atoms with Crippen LogP contribution in [0.5, 0.6) is 0 Å². The molecule has 0 bridgehead atoms. The van der Waals surface area contributed by atoms with Crippen LogP contribution < -0.4 is 0 Å². The zero-order valence-electron chi connectivity index (χ0n) is 8.14. The van der Waals surface area contributed by atoms with Crippen LogP contribution in [0.3, 0.4) is 0 Å². The van der Waals surface area contributed by atoms with E-state index in [-0.39, 0.29) is 0 Å². The zero-order valence-corrected chi connectivity index (χ0v) is 8.90. The summed E-state index contributed by atoms with van der Waals surface area (Å²) in [5, 5.41) is 4.63. The van der Waals surface area contributed by atoms with Gasteiger partial charge in [0.1, 0.15) is 5.69 Å². The van der Waals surface area contributed by atoms with Gasteiger partial charge in [-0.1, -0.05) is 17.7 Å². The standard InChI is InChI=1S/C11H9ClN2O/c1-8-2-3-11(10(12)6-8)14-9(7-15)4-5-13-14/h2-7H,1H3. The van der Waals surface area contributed by atoms with Gasteiger partial charge in [0, 0.05) is 0 Å². The quantitative estimate of drug-likeness (QED) is 0.730. The zero-order chi connectivity index (χ0) is 10.8. The molecule has 0 amide bonds. The second-order valence-electron chi connectivity index (χ2n) is 3.24. The highest BCUT2D eigenvalue weighted by Crippen LogP contribution is 2.21. The number of benzene rings is 1. The van der Waals surface area contributed by atoms with Crippen molar-refractivity contribution < 1.29 is 4.79 Å². The number of aromatic nitrogens is 2. The van der Waals surface area contributed by atoms with E-state index in [0.29, 0.717) is 10.7 Å². The first-order valence-electron chi connectivity index (χ1n) is 4.48. The molecule has 15 heavy (non-hydrogen) atoms. The number of nitrogens with zero attached hydrogens (tertiary/aromatic N) is 2. The molecular formula is C11H9ClN2O. The van der Waals surface area contributed by atoms with E-state index >= 15 is 0 Å². The maximum atomic E-state index is 10.7. The van der Waals surface area contributed by atoms with Crippen LogP contribution in [0, 0.1) is 6.92 Å². The first-order valence-corrected chi connectivity index (χ1v) is 4.86. The monoisotopic (exact) mass is 220 g/mol. The number of carbonyl (C=O) groups excluding carboxylic acids is 1. The van der Waals surface area contributed by atoms with Crippen molar-refractivity contribution in [2.45, 2.75) is 6.92 Å². The minimum atomic E-state index is 0.487. The normalized spacial score (nSPS) is 10.3. The average molecular weight is 221 g/mol. The van der Waals surface area contributed by atoms with Crippen LogP contribution in [-0.4, -0.2) is 16.1 Å². The molecule has 0 fully saturated rings. The van der Waals surface area contributed by atoms with Gasteiger partial charge in [0.05, 0.1) is 16.9 Å². The Morgan fingerprint density at radius 2 is 2.20 bits per heavy atom. The number of halogens is 1. The van der Waals surface area contributed by atoms with Crippen molar-refractivity contribution in [3.8, 4) is 5.69 Å². The van der Waals surface area contributed by atoms with Crippen molar-refractivity contribution in [1.29, 1.82) is 0 Å². The fourth-order valence-electron chi connectivity index (χ4n) is 1.39. The SMILES string of the molecule is Cc1ccc(-n2nccc2C=O)c(Cl)c1. The maximum absolute atomic E-state index is 10.7. The van der Waals surface area contributed by atoms with Crippen LogP contribution in [0.4, 0.5) is 0 Å². The minimum Gasteiger partial charge on any atom is -0.296 e. The lowest BCUT2D eigenvalue weighted by Gasteiger charge is -2.06. The van der Waals surface area contributed by atoms with Crippen LogP contribution in [-0.2, 0) is 0 Å². The molecule has 76 valence electrons. The van der Waals surface area contributed by atoms with Crippen LogP contribution in [0.15, 0.2) is 30.5 Å². The molecular weight excluding hydrogens is 212 g/mol. The minimum absolute atomic E-state index is 0.487. The van der Waals surface area contributed by atoms with Crippen molar-refractivity contribution in [3.63, 3.8) is 0 Å². The van der Waals surface area contributed by atoms with E-state index in [2.05, 4.69) is 5.10 Å². The van der Waals surface area contributed by atoms with Gasteiger partial charge in [-0.3, -0.25) is 4.79 Å². The van der Waals surface area contributed by atoms with E-state index in [1.165, 1.54) is 4.68 Å². The summed E-state index contributed by atoms with van der Waals surface area (Å²) in [5.41, 5.74) is 2.28. The Morgan fingerprint density at radius 1 is 1.40 bits per heavy atom. The molecule has 0 spiro atoms. The number of carbonyl (C=O) groups is 1. The average Bonchev–Trinajstić information content (AvgIpc) is 2.65. The van der Waals surface area contributed by atoms with Gasteiger partial charge in [0.25, 0.3) is 0 Å². The lowest BCUT2D eigenvalue weighted by molar-refractivity contribution is 0.111. The Morgan fingerprint density at radius 3 is 2.87 bits per heavy atom. The molecule has 0 atom stereocenters. The van der Waals surface area contributed by atoms with Crippen molar-refractivity contribution in [2.24, 2.45) is 0 Å². The van der Waals surface area contributed by atoms with Gasteiger partial charge in [-0.25, -0.2) is 4.68 Å². The summed E-state index contributed by atoms with van der Waals surface area (Å²) < 4.78 is 1.52. The molecule has 0 aliphatic heterocycles. The molecule has 2 aromatic rings. The molecule has 0 unspecified atom stereocenters. The molecule has 1 aromatic heterocycles. The second-order valence-corrected chi connectivity index (χ2v) is 3.65. The number of hydrogen-bond donors (Lipinski definition) is 0. The van der Waals surface area contributed by atoms with Crippen molar-refractivity contribution in [3.05, 3.63) is 46.7 Å². The predicted octanol–water partition coefficient (Wildman–Crippen LogP) is 2.65. The molecule has 0 aliphatic rings. The number of aldehydes is 1. The first kappa shape index (κ1) is 9.93.